The SMILES string of the molecule is Nc1nc2ncc(CN(C(=O)C(F)(F)F)c3ccc(C(=O)N[C@@H](CCC(=O)N4CCC5(CCNCC5)CC4)C(=O)O)cc3)nc2c(=O)[nH]1. The zero-order chi connectivity index (χ0) is 34.6. The molecule has 15 nitrogen and oxygen atoms in total. The number of carboxylic acid groups (broad SMARTS) is 1. The van der Waals surface area contributed by atoms with Crippen molar-refractivity contribution in [2.45, 2.75) is 57.3 Å². The van der Waals surface area contributed by atoms with Crippen molar-refractivity contribution < 1.29 is 37.5 Å². The average Bonchev–Trinajstić information content (AvgIpc) is 3.05. The number of aliphatic carboxylic acids is 1. The van der Waals surface area contributed by atoms with Crippen molar-refractivity contribution in [2.24, 2.45) is 5.41 Å². The van der Waals surface area contributed by atoms with Crippen LogP contribution in [0.4, 0.5) is 24.8 Å². The van der Waals surface area contributed by atoms with E-state index >= 15 is 0 Å². The summed E-state index contributed by atoms with van der Waals surface area (Å²) in [6.45, 7) is 2.36. The summed E-state index contributed by atoms with van der Waals surface area (Å²) in [6, 6.07) is 3.00. The van der Waals surface area contributed by atoms with Gasteiger partial charge in [0.25, 0.3) is 11.5 Å². The second kappa shape index (κ2) is 13.9. The van der Waals surface area contributed by atoms with Crippen molar-refractivity contribution in [2.75, 3.05) is 36.8 Å². The van der Waals surface area contributed by atoms with Crippen molar-refractivity contribution in [1.29, 1.82) is 0 Å². The third kappa shape index (κ3) is 7.87. The maximum absolute atomic E-state index is 13.6. The number of alkyl halides is 3. The minimum Gasteiger partial charge on any atom is -0.480 e. The molecule has 256 valence electrons. The molecule has 1 atom stereocenters. The number of amides is 3. The van der Waals surface area contributed by atoms with Crippen LogP contribution >= 0.6 is 0 Å². The van der Waals surface area contributed by atoms with Crippen molar-refractivity contribution >= 4 is 46.5 Å². The van der Waals surface area contributed by atoms with Gasteiger partial charge in [0.2, 0.25) is 11.9 Å². The van der Waals surface area contributed by atoms with E-state index in [1.165, 1.54) is 0 Å². The lowest BCUT2D eigenvalue weighted by Crippen LogP contribution is -2.47. The fourth-order valence-corrected chi connectivity index (χ4v) is 6.05. The molecule has 0 unspecified atom stereocenters. The van der Waals surface area contributed by atoms with Crippen LogP contribution in [0, 0.1) is 5.41 Å². The number of aromatic amines is 1. The third-order valence-electron chi connectivity index (χ3n) is 8.83. The molecule has 2 aliphatic heterocycles. The molecule has 0 bridgehead atoms. The van der Waals surface area contributed by atoms with E-state index in [-0.39, 0.29) is 58.2 Å². The van der Waals surface area contributed by atoms with E-state index < -0.39 is 42.1 Å². The molecule has 18 heteroatoms. The normalized spacial score (nSPS) is 16.8. The molecule has 48 heavy (non-hydrogen) atoms. The molecule has 6 N–H and O–H groups in total. The monoisotopic (exact) mass is 673 g/mol. The summed E-state index contributed by atoms with van der Waals surface area (Å²) in [5.41, 5.74) is 3.94. The minimum atomic E-state index is -5.29. The molecular formula is C30H34F3N9O6. The zero-order valence-corrected chi connectivity index (χ0v) is 25.7. The number of likely N-dealkylation sites (tertiary alicyclic amines) is 1. The van der Waals surface area contributed by atoms with Crippen molar-refractivity contribution in [3.8, 4) is 0 Å². The fourth-order valence-electron chi connectivity index (χ4n) is 6.05. The quantitative estimate of drug-likeness (QED) is 0.218. The number of hydrogen-bond acceptors (Lipinski definition) is 10. The van der Waals surface area contributed by atoms with Crippen LogP contribution < -0.4 is 26.8 Å². The number of piperidine rings is 2. The van der Waals surface area contributed by atoms with Gasteiger partial charge >= 0.3 is 18.1 Å². The first-order valence-corrected chi connectivity index (χ1v) is 15.3. The van der Waals surface area contributed by atoms with Crippen LogP contribution in [0.25, 0.3) is 11.2 Å². The van der Waals surface area contributed by atoms with Crippen molar-refractivity contribution in [3.63, 3.8) is 0 Å². The number of H-pyrrole nitrogens is 1. The number of nitrogens with zero attached hydrogens (tertiary/aromatic N) is 5. The molecule has 2 fully saturated rings. The molecule has 2 aromatic heterocycles. The number of nitrogen functional groups attached to an aromatic ring is 1. The first-order valence-electron chi connectivity index (χ1n) is 15.3. The lowest BCUT2D eigenvalue weighted by Gasteiger charge is -2.44. The highest BCUT2D eigenvalue weighted by molar-refractivity contribution is 5.99. The molecule has 1 spiro atoms. The van der Waals surface area contributed by atoms with E-state index in [0.29, 0.717) is 18.0 Å². The highest BCUT2D eigenvalue weighted by Crippen LogP contribution is 2.39. The van der Waals surface area contributed by atoms with Gasteiger partial charge in [0, 0.05) is 30.8 Å². The summed E-state index contributed by atoms with van der Waals surface area (Å²) in [6.07, 6.45) is -0.581. The van der Waals surface area contributed by atoms with E-state index in [2.05, 4.69) is 30.6 Å². The molecular weight excluding hydrogens is 639 g/mol. The topological polar surface area (TPSA) is 217 Å². The molecule has 0 radical (unpaired) electrons. The Labute approximate surface area is 271 Å². The summed E-state index contributed by atoms with van der Waals surface area (Å²) < 4.78 is 40.7. The van der Waals surface area contributed by atoms with E-state index in [9.17, 15) is 42.3 Å². The van der Waals surface area contributed by atoms with Crippen molar-refractivity contribution in [1.82, 2.24) is 35.5 Å². The molecule has 0 saturated carbocycles. The van der Waals surface area contributed by atoms with Gasteiger partial charge in [0.15, 0.2) is 11.2 Å². The van der Waals surface area contributed by atoms with Crippen LogP contribution in [0.15, 0.2) is 35.3 Å². The van der Waals surface area contributed by atoms with E-state index in [1.54, 1.807) is 4.90 Å². The highest BCUT2D eigenvalue weighted by Gasteiger charge is 2.43. The average molecular weight is 674 g/mol. The number of nitrogens with two attached hydrogens (primary N) is 1. The van der Waals surface area contributed by atoms with Gasteiger partial charge in [-0.05, 0) is 74.9 Å². The Kier molecular flexibility index (Phi) is 9.92. The first kappa shape index (κ1) is 34.2. The van der Waals surface area contributed by atoms with E-state index in [0.717, 1.165) is 69.2 Å². The van der Waals surface area contributed by atoms with Crippen LogP contribution in [-0.4, -0.2) is 92.0 Å². The van der Waals surface area contributed by atoms with Gasteiger partial charge in [-0.3, -0.25) is 29.1 Å². The fraction of sp³-hybridized carbons (Fsp3) is 0.467. The lowest BCUT2D eigenvalue weighted by atomic mass is 9.71. The highest BCUT2D eigenvalue weighted by atomic mass is 19.4. The Morgan fingerprint density at radius 1 is 1.06 bits per heavy atom. The molecule has 0 aliphatic carbocycles. The molecule has 4 heterocycles. The number of hydrogen-bond donors (Lipinski definition) is 5. The second-order valence-electron chi connectivity index (χ2n) is 12.0. The molecule has 3 amide bonds. The predicted molar refractivity (Wildman–Crippen MR) is 165 cm³/mol. The second-order valence-corrected chi connectivity index (χ2v) is 12.0. The van der Waals surface area contributed by atoms with Crippen LogP contribution in [0.5, 0.6) is 0 Å². The molecule has 1 aromatic carbocycles. The zero-order valence-electron chi connectivity index (χ0n) is 25.7. The van der Waals surface area contributed by atoms with Gasteiger partial charge in [-0.15, -0.1) is 0 Å². The van der Waals surface area contributed by atoms with Crippen LogP contribution in [0.1, 0.15) is 54.6 Å². The van der Waals surface area contributed by atoms with Gasteiger partial charge in [-0.25, -0.2) is 14.8 Å². The smallest absolute Gasteiger partial charge is 0.471 e. The minimum absolute atomic E-state index is 0.0910. The Bertz CT molecular complexity index is 1750. The molecule has 3 aromatic rings. The van der Waals surface area contributed by atoms with Gasteiger partial charge in [-0.1, -0.05) is 0 Å². The number of halogens is 3. The van der Waals surface area contributed by atoms with E-state index in [1.807, 2.05) is 0 Å². The number of fused-ring (bicyclic) bond motifs is 1. The summed E-state index contributed by atoms with van der Waals surface area (Å²) in [7, 11) is 0. The molecule has 2 aliphatic rings. The number of carbonyl (C=O) groups is 4. The molecule has 5 rings (SSSR count). The maximum Gasteiger partial charge on any atom is 0.471 e. The summed E-state index contributed by atoms with van der Waals surface area (Å²) in [4.78, 5) is 78.2. The number of nitrogens with one attached hydrogen (secondary N) is 3. The van der Waals surface area contributed by atoms with E-state index in [4.69, 9.17) is 5.73 Å². The lowest BCUT2D eigenvalue weighted by molar-refractivity contribution is -0.170. The number of carboxylic acids is 1. The number of anilines is 2. The largest absolute Gasteiger partial charge is 0.480 e. The Balaban J connectivity index is 1.23. The number of carbonyl (C=O) groups excluding carboxylic acids is 3. The summed E-state index contributed by atoms with van der Waals surface area (Å²) >= 11 is 0. The van der Waals surface area contributed by atoms with Gasteiger partial charge < -0.3 is 26.4 Å². The number of aromatic nitrogens is 4. The van der Waals surface area contributed by atoms with Gasteiger partial charge in [0.1, 0.15) is 6.04 Å². The maximum atomic E-state index is 13.6. The van der Waals surface area contributed by atoms with Crippen LogP contribution in [0.3, 0.4) is 0 Å². The Hall–Kier alpha value is -5.13. The van der Waals surface area contributed by atoms with Crippen molar-refractivity contribution in [3.05, 3.63) is 52.1 Å². The number of benzene rings is 1. The standard InChI is InChI=1S/C30H34F3N9O6/c31-30(32,33)27(48)42(16-18-15-36-23-22(37-18)25(45)40-28(34)39-23)19-3-1-17(2-4-19)24(44)38-20(26(46)47)5-6-21(43)41-13-9-29(10-14-41)7-11-35-12-8-29/h1-4,15,20,35H,5-14,16H2,(H,38,44)(H,46,47)(H3,34,36,39,40,45)/t20-/m0/s1. The molecule has 2 saturated heterocycles. The number of rotatable bonds is 9. The van der Waals surface area contributed by atoms with Crippen LogP contribution in [0.2, 0.25) is 0 Å². The Morgan fingerprint density at radius 2 is 1.73 bits per heavy atom. The summed E-state index contributed by atoms with van der Waals surface area (Å²) in [5, 5.41) is 15.4. The predicted octanol–water partition coefficient (Wildman–Crippen LogP) is 1.35. The van der Waals surface area contributed by atoms with Gasteiger partial charge in [-0.2, -0.15) is 18.2 Å². The Morgan fingerprint density at radius 3 is 2.35 bits per heavy atom. The van der Waals surface area contributed by atoms with Gasteiger partial charge in [0.05, 0.1) is 18.4 Å². The first-order chi connectivity index (χ1) is 22.7. The summed E-state index contributed by atoms with van der Waals surface area (Å²) in [5.74, 6) is -4.87. The third-order valence-corrected chi connectivity index (χ3v) is 8.83. The van der Waals surface area contributed by atoms with Crippen LogP contribution in [-0.2, 0) is 20.9 Å².